The third kappa shape index (κ3) is 4.45. The summed E-state index contributed by atoms with van der Waals surface area (Å²) in [5.74, 6) is -0.0568. The van der Waals surface area contributed by atoms with Crippen LogP contribution in [0.5, 0.6) is 0 Å². The topological polar surface area (TPSA) is 165 Å². The molecule has 1 saturated heterocycles. The van der Waals surface area contributed by atoms with Crippen LogP contribution in [0.3, 0.4) is 0 Å². The zero-order valence-electron chi connectivity index (χ0n) is 20.5. The van der Waals surface area contributed by atoms with Crippen molar-refractivity contribution < 1.29 is 24.0 Å². The number of aromatic nitrogens is 4. The van der Waals surface area contributed by atoms with Crippen LogP contribution in [0, 0.1) is 0 Å². The first-order valence-corrected chi connectivity index (χ1v) is 11.5. The highest BCUT2D eigenvalue weighted by molar-refractivity contribution is 6.06. The van der Waals surface area contributed by atoms with Crippen molar-refractivity contribution in [3.05, 3.63) is 48.8 Å². The van der Waals surface area contributed by atoms with E-state index in [4.69, 9.17) is 15.0 Å². The van der Waals surface area contributed by atoms with Gasteiger partial charge in [-0.1, -0.05) is 5.16 Å². The number of hydrogen-bond donors (Lipinski definition) is 3. The summed E-state index contributed by atoms with van der Waals surface area (Å²) < 4.78 is 12.3. The minimum absolute atomic E-state index is 0.107. The van der Waals surface area contributed by atoms with Crippen molar-refractivity contribution in [3.63, 3.8) is 0 Å². The van der Waals surface area contributed by atoms with Gasteiger partial charge in [0.25, 0.3) is 11.8 Å². The van der Waals surface area contributed by atoms with Gasteiger partial charge in [-0.05, 0) is 25.1 Å². The molecule has 1 aromatic carbocycles. The first kappa shape index (κ1) is 24.2. The molecule has 2 atom stereocenters. The lowest BCUT2D eigenvalue weighted by molar-refractivity contribution is -0.165. The van der Waals surface area contributed by atoms with Crippen LogP contribution in [0.1, 0.15) is 6.92 Å². The molecule has 0 aliphatic carbocycles. The maximum Gasteiger partial charge on any atom is 0.260 e. The molecule has 2 amide bonds. The maximum absolute atomic E-state index is 13.4. The second-order valence-electron chi connectivity index (χ2n) is 9.01. The Morgan fingerprint density at radius 2 is 2.08 bits per heavy atom. The monoisotopic (exact) mass is 506 g/mol. The van der Waals surface area contributed by atoms with E-state index in [2.05, 4.69) is 20.6 Å². The number of carbonyl (C=O) groups excluding carboxylic acids is 2. The highest BCUT2D eigenvalue weighted by Crippen LogP contribution is 2.27. The van der Waals surface area contributed by atoms with Crippen LogP contribution >= 0.6 is 0 Å². The van der Waals surface area contributed by atoms with Crippen molar-refractivity contribution >= 4 is 45.9 Å². The number of morpholine rings is 1. The molecule has 4 N–H and O–H groups in total. The zero-order valence-corrected chi connectivity index (χ0v) is 20.5. The number of ether oxygens (including phenoxy) is 1. The van der Waals surface area contributed by atoms with E-state index in [-0.39, 0.29) is 19.0 Å². The van der Waals surface area contributed by atoms with E-state index in [9.17, 15) is 14.7 Å². The summed E-state index contributed by atoms with van der Waals surface area (Å²) in [7, 11) is 3.77. The molecule has 4 aromatic rings. The smallest absolute Gasteiger partial charge is 0.260 e. The molecule has 1 fully saturated rings. The summed E-state index contributed by atoms with van der Waals surface area (Å²) in [5, 5.41) is 22.5. The average molecular weight is 507 g/mol. The van der Waals surface area contributed by atoms with Crippen LogP contribution in [0.4, 0.5) is 23.1 Å². The predicted molar refractivity (Wildman–Crippen MR) is 135 cm³/mol. The number of benzene rings is 1. The number of nitrogens with zero attached hydrogens (tertiary/aromatic N) is 6. The Hall–Kier alpha value is -4.49. The lowest BCUT2D eigenvalue weighted by Crippen LogP contribution is -2.61. The number of rotatable bonds is 6. The summed E-state index contributed by atoms with van der Waals surface area (Å²) in [6.45, 7) is 1.56. The molecule has 192 valence electrons. The highest BCUT2D eigenvalue weighted by atomic mass is 16.5. The van der Waals surface area contributed by atoms with E-state index in [1.807, 2.05) is 25.1 Å². The van der Waals surface area contributed by atoms with Crippen molar-refractivity contribution in [1.29, 1.82) is 0 Å². The minimum atomic E-state index is -2.18. The number of aliphatic hydroxyl groups is 1. The molecule has 0 spiro atoms. The van der Waals surface area contributed by atoms with E-state index in [1.165, 1.54) is 17.9 Å². The molecule has 0 saturated carbocycles. The Kier molecular flexibility index (Phi) is 6.01. The quantitative estimate of drug-likeness (QED) is 0.346. The van der Waals surface area contributed by atoms with Gasteiger partial charge in [0.05, 0.1) is 24.2 Å². The normalized spacial score (nSPS) is 17.6. The molecule has 13 nitrogen and oxygen atoms in total. The van der Waals surface area contributed by atoms with Gasteiger partial charge in [0.2, 0.25) is 0 Å². The van der Waals surface area contributed by atoms with Crippen LogP contribution in [-0.2, 0) is 14.3 Å². The van der Waals surface area contributed by atoms with E-state index >= 15 is 0 Å². The lowest BCUT2D eigenvalue weighted by atomic mass is 9.95. The number of hydrogen-bond acceptors (Lipinski definition) is 10. The van der Waals surface area contributed by atoms with Gasteiger partial charge in [-0.2, -0.15) is 0 Å². The number of nitrogens with two attached hydrogens (primary N) is 1. The van der Waals surface area contributed by atoms with E-state index in [0.717, 1.165) is 11.5 Å². The molecule has 0 unspecified atom stereocenters. The second kappa shape index (κ2) is 9.19. The van der Waals surface area contributed by atoms with Gasteiger partial charge >= 0.3 is 0 Å². The number of nitrogen functional groups attached to an aromatic ring is 1. The zero-order chi connectivity index (χ0) is 26.3. The molecule has 0 bridgehead atoms. The number of anilines is 4. The molecule has 13 heteroatoms. The Morgan fingerprint density at radius 3 is 2.86 bits per heavy atom. The molecular weight excluding hydrogens is 480 g/mol. The van der Waals surface area contributed by atoms with Crippen LogP contribution in [0.2, 0.25) is 0 Å². The molecule has 5 rings (SSSR count). The van der Waals surface area contributed by atoms with E-state index < -0.39 is 23.5 Å². The van der Waals surface area contributed by atoms with Crippen molar-refractivity contribution in [2.75, 3.05) is 48.1 Å². The summed E-state index contributed by atoms with van der Waals surface area (Å²) in [4.78, 5) is 33.9. The fraction of sp³-hybridized carbons (Fsp3) is 0.292. The third-order valence-corrected chi connectivity index (χ3v) is 6.12. The Balaban J connectivity index is 1.33. The summed E-state index contributed by atoms with van der Waals surface area (Å²) in [5.41, 5.74) is 5.01. The molecule has 0 radical (unpaired) electrons. The Bertz CT molecular complexity index is 1480. The first-order chi connectivity index (χ1) is 17.6. The van der Waals surface area contributed by atoms with Gasteiger partial charge in [-0.25, -0.2) is 9.67 Å². The number of amides is 2. The number of fused-ring (bicyclic) bond motifs is 1. The van der Waals surface area contributed by atoms with Crippen LogP contribution in [0.15, 0.2) is 53.3 Å². The summed E-state index contributed by atoms with van der Waals surface area (Å²) in [6.07, 6.45) is 1.95. The first-order valence-electron chi connectivity index (χ1n) is 11.5. The number of pyridine rings is 1. The van der Waals surface area contributed by atoms with E-state index in [0.29, 0.717) is 22.5 Å². The van der Waals surface area contributed by atoms with Crippen molar-refractivity contribution in [2.45, 2.75) is 18.6 Å². The van der Waals surface area contributed by atoms with Gasteiger partial charge in [-0.3, -0.25) is 14.5 Å². The SMILES string of the molecule is CN(C)c1cc(-n2ccc(N3CCO[C@H]([C@@](C)(O)C(=O)Nc4ccc5c(N)noc5c4)C3=O)n2)ccn1. The van der Waals surface area contributed by atoms with Gasteiger partial charge < -0.3 is 30.3 Å². The molecule has 1 aliphatic heterocycles. The van der Waals surface area contributed by atoms with Crippen molar-refractivity contribution in [3.8, 4) is 5.69 Å². The molecule has 37 heavy (non-hydrogen) atoms. The Morgan fingerprint density at radius 1 is 1.27 bits per heavy atom. The van der Waals surface area contributed by atoms with Crippen molar-refractivity contribution in [1.82, 2.24) is 19.9 Å². The largest absolute Gasteiger partial charge is 0.380 e. The molecule has 3 aromatic heterocycles. The summed E-state index contributed by atoms with van der Waals surface area (Å²) in [6, 6.07) is 10.1. The number of carbonyl (C=O) groups is 2. The van der Waals surface area contributed by atoms with Crippen LogP contribution < -0.4 is 20.9 Å². The minimum Gasteiger partial charge on any atom is -0.380 e. The van der Waals surface area contributed by atoms with Crippen LogP contribution in [0.25, 0.3) is 16.7 Å². The van der Waals surface area contributed by atoms with Gasteiger partial charge in [0.1, 0.15) is 5.82 Å². The standard InChI is InChI=1S/C24H26N8O5/c1-24(35,23(34)27-14-4-5-16-17(12-14)37-29-21(16)25)20-22(33)31(10-11-36-20)18-7-9-32(28-18)15-6-8-26-19(13-15)30(2)3/h4-9,12-13,20,35H,10-11H2,1-3H3,(H2,25,29)(H,27,34)/t20-,24+/m0/s1. The predicted octanol–water partition coefficient (Wildman–Crippen LogP) is 1.18. The highest BCUT2D eigenvalue weighted by Gasteiger charge is 2.49. The number of nitrogens with one attached hydrogen (secondary N) is 1. The van der Waals surface area contributed by atoms with Gasteiger partial charge in [0.15, 0.2) is 28.9 Å². The van der Waals surface area contributed by atoms with Gasteiger partial charge in [0, 0.05) is 50.4 Å². The molecule has 4 heterocycles. The summed E-state index contributed by atoms with van der Waals surface area (Å²) >= 11 is 0. The second-order valence-corrected chi connectivity index (χ2v) is 9.01. The molecular formula is C24H26N8O5. The molecule has 1 aliphatic rings. The fourth-order valence-corrected chi connectivity index (χ4v) is 4.02. The third-order valence-electron chi connectivity index (χ3n) is 6.12. The lowest BCUT2D eigenvalue weighted by Gasteiger charge is -2.37. The van der Waals surface area contributed by atoms with Crippen LogP contribution in [-0.4, -0.2) is 75.8 Å². The van der Waals surface area contributed by atoms with Crippen molar-refractivity contribution in [2.24, 2.45) is 0 Å². The van der Waals surface area contributed by atoms with Gasteiger partial charge in [-0.15, -0.1) is 5.10 Å². The maximum atomic E-state index is 13.4. The average Bonchev–Trinajstić information content (AvgIpc) is 3.51. The Labute approximate surface area is 211 Å². The van der Waals surface area contributed by atoms with E-state index in [1.54, 1.807) is 41.3 Å². The fourth-order valence-electron chi connectivity index (χ4n) is 4.02.